The summed E-state index contributed by atoms with van der Waals surface area (Å²) in [6, 6.07) is 4.79. The van der Waals surface area contributed by atoms with Crippen LogP contribution in [-0.2, 0) is 6.42 Å². The Morgan fingerprint density at radius 2 is 2.24 bits per heavy atom. The molecule has 0 amide bonds. The van der Waals surface area contributed by atoms with Crippen molar-refractivity contribution in [2.45, 2.75) is 12.8 Å². The first-order chi connectivity index (χ1) is 10.2. The fraction of sp³-hybridized carbons (Fsp3) is 0.385. The highest BCUT2D eigenvalue weighted by molar-refractivity contribution is 7.14. The number of hydrogen-bond donors (Lipinski definition) is 1. The Hall–Kier alpha value is -2.06. The summed E-state index contributed by atoms with van der Waals surface area (Å²) in [6.45, 7) is 0.912. The second-order valence-corrected chi connectivity index (χ2v) is 5.39. The maximum atomic E-state index is 11.0. The standard InChI is InChI=1S/C13H16N4O3S/c1-14-8-4-7-11-15-16-13(21-11)9-5-3-6-10(17(18)19)12(9)20-2/h3,5-6,14H,4,7-8H2,1-2H3. The van der Waals surface area contributed by atoms with Gasteiger partial charge in [-0.1, -0.05) is 17.4 Å². The summed E-state index contributed by atoms with van der Waals surface area (Å²) in [5.74, 6) is 0.223. The Balaban J connectivity index is 2.29. The zero-order valence-corrected chi connectivity index (χ0v) is 12.6. The Morgan fingerprint density at radius 1 is 1.43 bits per heavy atom. The molecule has 7 nitrogen and oxygen atoms in total. The van der Waals surface area contributed by atoms with Gasteiger partial charge in [0, 0.05) is 12.5 Å². The predicted octanol–water partition coefficient (Wildman–Crippen LogP) is 2.27. The molecule has 8 heteroatoms. The molecule has 0 unspecified atom stereocenters. The molecule has 2 aromatic rings. The van der Waals surface area contributed by atoms with Gasteiger partial charge in [0.25, 0.3) is 0 Å². The first-order valence-corrected chi connectivity index (χ1v) is 7.27. The SMILES string of the molecule is CNCCCc1nnc(-c2cccc([N+](=O)[O-])c2OC)s1. The van der Waals surface area contributed by atoms with Crippen LogP contribution in [0.5, 0.6) is 5.75 Å². The van der Waals surface area contributed by atoms with Gasteiger partial charge >= 0.3 is 5.69 Å². The van der Waals surface area contributed by atoms with Gasteiger partial charge in [-0.05, 0) is 26.1 Å². The van der Waals surface area contributed by atoms with Crippen LogP contribution in [0.4, 0.5) is 5.69 Å². The van der Waals surface area contributed by atoms with Gasteiger partial charge in [-0.2, -0.15) is 0 Å². The predicted molar refractivity (Wildman–Crippen MR) is 80.8 cm³/mol. The zero-order valence-electron chi connectivity index (χ0n) is 11.8. The number of rotatable bonds is 7. The summed E-state index contributed by atoms with van der Waals surface area (Å²) >= 11 is 1.43. The third kappa shape index (κ3) is 3.53. The molecule has 0 saturated carbocycles. The van der Waals surface area contributed by atoms with Gasteiger partial charge in [-0.3, -0.25) is 10.1 Å². The van der Waals surface area contributed by atoms with Crippen LogP contribution in [0.1, 0.15) is 11.4 Å². The largest absolute Gasteiger partial charge is 0.490 e. The van der Waals surface area contributed by atoms with E-state index in [1.54, 1.807) is 12.1 Å². The Bertz CT molecular complexity index is 630. The van der Waals surface area contributed by atoms with Gasteiger partial charge in [-0.25, -0.2) is 0 Å². The molecule has 0 aliphatic rings. The monoisotopic (exact) mass is 308 g/mol. The van der Waals surface area contributed by atoms with E-state index in [1.165, 1.54) is 24.5 Å². The van der Waals surface area contributed by atoms with Crippen molar-refractivity contribution < 1.29 is 9.66 Å². The number of ether oxygens (including phenoxy) is 1. The van der Waals surface area contributed by atoms with Crippen molar-refractivity contribution in [3.8, 4) is 16.3 Å². The highest BCUT2D eigenvalue weighted by Gasteiger charge is 2.21. The van der Waals surface area contributed by atoms with Crippen LogP contribution in [-0.4, -0.2) is 35.8 Å². The molecule has 0 bridgehead atoms. The van der Waals surface area contributed by atoms with E-state index in [9.17, 15) is 10.1 Å². The summed E-state index contributed by atoms with van der Waals surface area (Å²) in [6.07, 6.45) is 1.80. The van der Waals surface area contributed by atoms with Crippen molar-refractivity contribution in [1.29, 1.82) is 0 Å². The van der Waals surface area contributed by atoms with Crippen molar-refractivity contribution in [2.75, 3.05) is 20.7 Å². The van der Waals surface area contributed by atoms with Gasteiger partial charge in [0.05, 0.1) is 17.6 Å². The molecule has 0 radical (unpaired) electrons. The fourth-order valence-corrected chi connectivity index (χ4v) is 2.83. The average molecular weight is 308 g/mol. The summed E-state index contributed by atoms with van der Waals surface area (Å²) < 4.78 is 5.19. The summed E-state index contributed by atoms with van der Waals surface area (Å²) in [4.78, 5) is 10.6. The molecule has 0 aliphatic heterocycles. The molecule has 1 aromatic carbocycles. The zero-order chi connectivity index (χ0) is 15.2. The molecular formula is C13H16N4O3S. The van der Waals surface area contributed by atoms with Crippen LogP contribution >= 0.6 is 11.3 Å². The molecule has 0 saturated heterocycles. The van der Waals surface area contributed by atoms with Gasteiger partial charge in [0.15, 0.2) is 5.01 Å². The van der Waals surface area contributed by atoms with E-state index >= 15 is 0 Å². The van der Waals surface area contributed by atoms with Gasteiger partial charge in [-0.15, -0.1) is 10.2 Å². The summed E-state index contributed by atoms with van der Waals surface area (Å²) in [7, 11) is 3.32. The van der Waals surface area contributed by atoms with Crippen molar-refractivity contribution in [3.63, 3.8) is 0 Å². The molecule has 1 heterocycles. The minimum Gasteiger partial charge on any atom is -0.490 e. The second kappa shape index (κ2) is 7.09. The van der Waals surface area contributed by atoms with E-state index in [4.69, 9.17) is 4.74 Å². The van der Waals surface area contributed by atoms with Crippen molar-refractivity contribution >= 4 is 17.0 Å². The molecule has 2 rings (SSSR count). The number of nitro groups is 1. The molecule has 1 N–H and O–H groups in total. The molecule has 21 heavy (non-hydrogen) atoms. The Labute approximate surface area is 126 Å². The number of hydrogen-bond acceptors (Lipinski definition) is 7. The second-order valence-electron chi connectivity index (χ2n) is 4.32. The number of para-hydroxylation sites is 1. The lowest BCUT2D eigenvalue weighted by Gasteiger charge is -2.05. The third-order valence-electron chi connectivity index (χ3n) is 2.91. The quantitative estimate of drug-likeness (QED) is 0.479. The normalized spacial score (nSPS) is 10.6. The van der Waals surface area contributed by atoms with Crippen LogP contribution in [0.3, 0.4) is 0 Å². The average Bonchev–Trinajstić information content (AvgIpc) is 2.95. The smallest absolute Gasteiger partial charge is 0.311 e. The summed E-state index contributed by atoms with van der Waals surface area (Å²) in [5.41, 5.74) is 0.533. The van der Waals surface area contributed by atoms with Gasteiger partial charge in [0.2, 0.25) is 5.75 Å². The molecule has 1 aromatic heterocycles. The van der Waals surface area contributed by atoms with E-state index in [0.717, 1.165) is 24.4 Å². The number of benzene rings is 1. The number of methoxy groups -OCH3 is 1. The highest BCUT2D eigenvalue weighted by atomic mass is 32.1. The third-order valence-corrected chi connectivity index (χ3v) is 3.93. The van der Waals surface area contributed by atoms with Crippen LogP contribution in [0.25, 0.3) is 10.6 Å². The minimum absolute atomic E-state index is 0.0677. The Morgan fingerprint density at radius 3 is 2.90 bits per heavy atom. The number of nitrogens with one attached hydrogen (secondary N) is 1. The van der Waals surface area contributed by atoms with E-state index < -0.39 is 4.92 Å². The molecule has 0 aliphatic carbocycles. The number of aromatic nitrogens is 2. The molecular weight excluding hydrogens is 292 g/mol. The highest BCUT2D eigenvalue weighted by Crippen LogP contribution is 2.38. The molecule has 0 atom stereocenters. The number of nitrogens with zero attached hydrogens (tertiary/aromatic N) is 3. The maximum absolute atomic E-state index is 11.0. The van der Waals surface area contributed by atoms with E-state index in [1.807, 2.05) is 7.05 Å². The topological polar surface area (TPSA) is 90.2 Å². The van der Waals surface area contributed by atoms with Gasteiger partial charge in [0.1, 0.15) is 5.01 Å². The Kier molecular flexibility index (Phi) is 5.18. The molecule has 0 spiro atoms. The van der Waals surface area contributed by atoms with Crippen molar-refractivity contribution in [1.82, 2.24) is 15.5 Å². The number of nitro benzene ring substituents is 1. The molecule has 112 valence electrons. The molecule has 0 fully saturated rings. The van der Waals surface area contributed by atoms with Crippen molar-refractivity contribution in [2.24, 2.45) is 0 Å². The minimum atomic E-state index is -0.461. The maximum Gasteiger partial charge on any atom is 0.311 e. The lowest BCUT2D eigenvalue weighted by Crippen LogP contribution is -2.08. The lowest BCUT2D eigenvalue weighted by molar-refractivity contribution is -0.385. The van der Waals surface area contributed by atoms with E-state index in [-0.39, 0.29) is 11.4 Å². The van der Waals surface area contributed by atoms with E-state index in [0.29, 0.717) is 10.6 Å². The van der Waals surface area contributed by atoms with Crippen LogP contribution in [0, 0.1) is 10.1 Å². The first kappa shape index (κ1) is 15.3. The van der Waals surface area contributed by atoms with Crippen molar-refractivity contribution in [3.05, 3.63) is 33.3 Å². The first-order valence-electron chi connectivity index (χ1n) is 6.46. The fourth-order valence-electron chi connectivity index (χ4n) is 1.93. The lowest BCUT2D eigenvalue weighted by atomic mass is 10.2. The van der Waals surface area contributed by atoms with Crippen LogP contribution < -0.4 is 10.1 Å². The summed E-state index contributed by atoms with van der Waals surface area (Å²) in [5, 5.41) is 23.9. The van der Waals surface area contributed by atoms with Gasteiger partial charge < -0.3 is 10.1 Å². The number of aryl methyl sites for hydroxylation is 1. The van der Waals surface area contributed by atoms with Crippen LogP contribution in [0.15, 0.2) is 18.2 Å². The van der Waals surface area contributed by atoms with E-state index in [2.05, 4.69) is 15.5 Å². The van der Waals surface area contributed by atoms with Crippen LogP contribution in [0.2, 0.25) is 0 Å².